The Morgan fingerprint density at radius 2 is 2.40 bits per heavy atom. The normalized spacial score (nSPS) is 24.7. The Bertz CT molecular complexity index is 299. The highest BCUT2D eigenvalue weighted by molar-refractivity contribution is 6.37. The van der Waals surface area contributed by atoms with Crippen molar-refractivity contribution in [1.82, 2.24) is 5.43 Å². The zero-order chi connectivity index (χ0) is 11.5. The van der Waals surface area contributed by atoms with Crippen LogP contribution in [0.4, 0.5) is 0 Å². The zero-order valence-electron chi connectivity index (χ0n) is 9.24. The first-order valence-electron chi connectivity index (χ1n) is 5.03. The quantitative estimate of drug-likeness (QED) is 0.544. The van der Waals surface area contributed by atoms with Crippen molar-refractivity contribution in [2.75, 3.05) is 6.61 Å². The van der Waals surface area contributed by atoms with Crippen LogP contribution in [0.2, 0.25) is 0 Å². The fourth-order valence-electron chi connectivity index (χ4n) is 1.40. The van der Waals surface area contributed by atoms with Gasteiger partial charge in [-0.05, 0) is 12.8 Å². The van der Waals surface area contributed by atoms with Gasteiger partial charge in [-0.3, -0.25) is 5.43 Å². The fourth-order valence-corrected chi connectivity index (χ4v) is 1.40. The van der Waals surface area contributed by atoms with Crippen molar-refractivity contribution in [3.8, 4) is 0 Å². The molecule has 0 bridgehead atoms. The second kappa shape index (κ2) is 4.42. The van der Waals surface area contributed by atoms with E-state index in [1.807, 2.05) is 13.8 Å². The van der Waals surface area contributed by atoms with Crippen LogP contribution in [0.3, 0.4) is 0 Å². The molecule has 0 spiro atoms. The fraction of sp³-hybridized carbons (Fsp3) is 0.700. The number of nitrogens with zero attached hydrogens (tertiary/aromatic N) is 1. The zero-order valence-corrected chi connectivity index (χ0v) is 9.24. The molecule has 1 N–H and O–H groups in total. The minimum absolute atomic E-state index is 0.0747. The van der Waals surface area contributed by atoms with Crippen molar-refractivity contribution >= 4 is 18.0 Å². The van der Waals surface area contributed by atoms with Crippen molar-refractivity contribution in [3.63, 3.8) is 0 Å². The number of hydrazone groups is 1. The highest BCUT2D eigenvalue weighted by atomic mass is 16.5. The van der Waals surface area contributed by atoms with Crippen molar-refractivity contribution < 1.29 is 14.3 Å². The van der Waals surface area contributed by atoms with Crippen LogP contribution in [0.1, 0.15) is 27.2 Å². The highest BCUT2D eigenvalue weighted by Gasteiger charge is 2.41. The molecule has 1 rings (SSSR count). The number of carbonyl (C=O) groups excluding carboxylic acids is 2. The maximum absolute atomic E-state index is 11.4. The summed E-state index contributed by atoms with van der Waals surface area (Å²) in [6, 6.07) is 0. The molecule has 5 heteroatoms. The first-order chi connectivity index (χ1) is 7.05. The van der Waals surface area contributed by atoms with Gasteiger partial charge in [0.25, 0.3) is 0 Å². The number of carbonyl (C=O) groups is 2. The SMILES string of the molecule is CCOC(=O)C1=NN[C@](C=O)(C(C)C)C1. The van der Waals surface area contributed by atoms with Gasteiger partial charge in [0.05, 0.1) is 6.61 Å². The molecular weight excluding hydrogens is 196 g/mol. The summed E-state index contributed by atoms with van der Waals surface area (Å²) in [5, 5.41) is 3.86. The number of nitrogens with one attached hydrogen (secondary N) is 1. The first-order valence-corrected chi connectivity index (χ1v) is 5.03. The van der Waals surface area contributed by atoms with E-state index in [9.17, 15) is 9.59 Å². The Morgan fingerprint density at radius 3 is 2.80 bits per heavy atom. The molecule has 0 fully saturated rings. The van der Waals surface area contributed by atoms with Gasteiger partial charge in [0.2, 0.25) is 0 Å². The van der Waals surface area contributed by atoms with Gasteiger partial charge < -0.3 is 9.53 Å². The van der Waals surface area contributed by atoms with Crippen LogP contribution in [0.5, 0.6) is 0 Å². The van der Waals surface area contributed by atoms with Crippen LogP contribution in [0, 0.1) is 5.92 Å². The molecule has 0 saturated heterocycles. The molecule has 84 valence electrons. The molecule has 0 aromatic rings. The third-order valence-corrected chi connectivity index (χ3v) is 2.61. The van der Waals surface area contributed by atoms with Crippen LogP contribution in [-0.2, 0) is 14.3 Å². The molecule has 0 aliphatic carbocycles. The Hall–Kier alpha value is -1.39. The van der Waals surface area contributed by atoms with Crippen LogP contribution in [-0.4, -0.2) is 30.1 Å². The lowest BCUT2D eigenvalue weighted by Crippen LogP contribution is -2.46. The van der Waals surface area contributed by atoms with E-state index < -0.39 is 11.5 Å². The molecule has 1 aliphatic heterocycles. The van der Waals surface area contributed by atoms with Crippen LogP contribution in [0.25, 0.3) is 0 Å². The lowest BCUT2D eigenvalue weighted by Gasteiger charge is -2.25. The van der Waals surface area contributed by atoms with Gasteiger partial charge in [-0.2, -0.15) is 5.10 Å². The van der Waals surface area contributed by atoms with Gasteiger partial charge in [0.1, 0.15) is 17.5 Å². The van der Waals surface area contributed by atoms with E-state index in [-0.39, 0.29) is 11.6 Å². The lowest BCUT2D eigenvalue weighted by molar-refractivity contribution is -0.135. The van der Waals surface area contributed by atoms with E-state index in [0.29, 0.717) is 13.0 Å². The van der Waals surface area contributed by atoms with E-state index in [0.717, 1.165) is 6.29 Å². The van der Waals surface area contributed by atoms with Gasteiger partial charge in [-0.15, -0.1) is 0 Å². The molecule has 5 nitrogen and oxygen atoms in total. The van der Waals surface area contributed by atoms with Crippen LogP contribution < -0.4 is 5.43 Å². The average Bonchev–Trinajstić information content (AvgIpc) is 2.63. The maximum atomic E-state index is 11.4. The van der Waals surface area contributed by atoms with Crippen molar-refractivity contribution in [3.05, 3.63) is 0 Å². The predicted molar refractivity (Wildman–Crippen MR) is 55.5 cm³/mol. The summed E-state index contributed by atoms with van der Waals surface area (Å²) in [6.45, 7) is 5.86. The Morgan fingerprint density at radius 1 is 1.73 bits per heavy atom. The van der Waals surface area contributed by atoms with E-state index in [2.05, 4.69) is 10.5 Å². The second-order valence-corrected chi connectivity index (χ2v) is 3.88. The third kappa shape index (κ3) is 2.16. The summed E-state index contributed by atoms with van der Waals surface area (Å²) < 4.78 is 4.82. The van der Waals surface area contributed by atoms with Crippen molar-refractivity contribution in [2.45, 2.75) is 32.7 Å². The largest absolute Gasteiger partial charge is 0.461 e. The highest BCUT2D eigenvalue weighted by Crippen LogP contribution is 2.24. The van der Waals surface area contributed by atoms with Gasteiger partial charge in [-0.25, -0.2) is 4.79 Å². The van der Waals surface area contributed by atoms with Crippen LogP contribution >= 0.6 is 0 Å². The molecule has 0 saturated carbocycles. The molecule has 1 atom stereocenters. The molecule has 0 unspecified atom stereocenters. The number of ether oxygens (including phenoxy) is 1. The lowest BCUT2D eigenvalue weighted by atomic mass is 9.85. The minimum atomic E-state index is -0.748. The van der Waals surface area contributed by atoms with E-state index >= 15 is 0 Å². The smallest absolute Gasteiger partial charge is 0.354 e. The Labute approximate surface area is 88.9 Å². The molecule has 1 aliphatic rings. The number of hydrogen-bond donors (Lipinski definition) is 1. The summed E-state index contributed by atoms with van der Waals surface area (Å²) in [6.07, 6.45) is 1.11. The predicted octanol–water partition coefficient (Wildman–Crippen LogP) is 0.492. The minimum Gasteiger partial charge on any atom is -0.461 e. The number of rotatable bonds is 4. The Balaban J connectivity index is 2.70. The molecule has 15 heavy (non-hydrogen) atoms. The molecule has 0 amide bonds. The van der Waals surface area contributed by atoms with Gasteiger partial charge in [-0.1, -0.05) is 13.8 Å². The summed E-state index contributed by atoms with van der Waals surface area (Å²) in [5.74, 6) is -0.375. The standard InChI is InChI=1S/C10H16N2O3/c1-4-15-9(14)8-5-10(6-13,7(2)3)12-11-8/h6-7,12H,4-5H2,1-3H3/t10-/m1/s1. The topological polar surface area (TPSA) is 67.8 Å². The number of hydrogen-bond acceptors (Lipinski definition) is 5. The van der Waals surface area contributed by atoms with Gasteiger partial charge >= 0.3 is 5.97 Å². The second-order valence-electron chi connectivity index (χ2n) is 3.88. The number of esters is 1. The van der Waals surface area contributed by atoms with Gasteiger partial charge in [0.15, 0.2) is 0 Å². The molecule has 1 heterocycles. The third-order valence-electron chi connectivity index (χ3n) is 2.61. The van der Waals surface area contributed by atoms with E-state index in [4.69, 9.17) is 4.74 Å². The average molecular weight is 212 g/mol. The van der Waals surface area contributed by atoms with Crippen LogP contribution in [0.15, 0.2) is 5.10 Å². The monoisotopic (exact) mass is 212 g/mol. The summed E-state index contributed by atoms with van der Waals surface area (Å²) >= 11 is 0. The summed E-state index contributed by atoms with van der Waals surface area (Å²) in [7, 11) is 0. The van der Waals surface area contributed by atoms with Gasteiger partial charge in [0, 0.05) is 6.42 Å². The first kappa shape index (κ1) is 11.7. The summed E-state index contributed by atoms with van der Waals surface area (Å²) in [4.78, 5) is 22.4. The summed E-state index contributed by atoms with van der Waals surface area (Å²) in [5.41, 5.74) is 2.27. The number of aldehydes is 1. The van der Waals surface area contributed by atoms with Crippen molar-refractivity contribution in [2.24, 2.45) is 11.0 Å². The molecule has 0 aromatic heterocycles. The molecule has 0 aromatic carbocycles. The molecular formula is C10H16N2O3. The van der Waals surface area contributed by atoms with E-state index in [1.54, 1.807) is 6.92 Å². The maximum Gasteiger partial charge on any atom is 0.354 e. The molecule has 0 radical (unpaired) electrons. The Kier molecular flexibility index (Phi) is 3.44. The van der Waals surface area contributed by atoms with Crippen molar-refractivity contribution in [1.29, 1.82) is 0 Å². The van der Waals surface area contributed by atoms with E-state index in [1.165, 1.54) is 0 Å².